The largest absolute Gasteiger partial charge is 0.368 e. The van der Waals surface area contributed by atoms with E-state index < -0.39 is 11.9 Å². The first-order chi connectivity index (χ1) is 5.70. The van der Waals surface area contributed by atoms with Crippen LogP contribution in [-0.2, 0) is 11.3 Å². The van der Waals surface area contributed by atoms with Crippen molar-refractivity contribution in [1.29, 1.82) is 0 Å². The summed E-state index contributed by atoms with van der Waals surface area (Å²) in [5.74, 6) is -0.442. The van der Waals surface area contributed by atoms with Gasteiger partial charge in [-0.15, -0.1) is 0 Å². The molecule has 0 bridgehead atoms. The summed E-state index contributed by atoms with van der Waals surface area (Å²) in [6.45, 7) is 0.733. The van der Waals surface area contributed by atoms with Crippen LogP contribution < -0.4 is 11.5 Å². The molecule has 4 heteroatoms. The predicted octanol–water partition coefficient (Wildman–Crippen LogP) is -0.309. The van der Waals surface area contributed by atoms with Gasteiger partial charge in [0.25, 0.3) is 0 Å². The average molecular weight is 167 g/mol. The highest BCUT2D eigenvalue weighted by atomic mass is 16.1. The van der Waals surface area contributed by atoms with Crippen molar-refractivity contribution in [2.75, 3.05) is 0 Å². The summed E-state index contributed by atoms with van der Waals surface area (Å²) in [6, 6.07) is 3.32. The van der Waals surface area contributed by atoms with Crippen LogP contribution in [0.25, 0.3) is 0 Å². The van der Waals surface area contributed by atoms with Crippen molar-refractivity contribution in [3.8, 4) is 0 Å². The van der Waals surface area contributed by atoms with Crippen LogP contribution in [0.1, 0.15) is 6.42 Å². The molecule has 0 aliphatic carbocycles. The maximum absolute atomic E-state index is 10.5. The molecule has 4 N–H and O–H groups in total. The zero-order chi connectivity index (χ0) is 8.97. The second kappa shape index (κ2) is 3.92. The fourth-order valence-corrected chi connectivity index (χ4v) is 0.950. The Hall–Kier alpha value is -1.29. The minimum atomic E-state index is -0.535. The third-order valence-corrected chi connectivity index (χ3v) is 1.73. The third-order valence-electron chi connectivity index (χ3n) is 1.73. The molecule has 1 unspecified atom stereocenters. The highest BCUT2D eigenvalue weighted by Gasteiger charge is 2.07. The number of nitrogens with zero attached hydrogens (tertiary/aromatic N) is 1. The van der Waals surface area contributed by atoms with E-state index in [0.29, 0.717) is 6.42 Å². The second-order valence-electron chi connectivity index (χ2n) is 2.72. The van der Waals surface area contributed by atoms with Crippen LogP contribution in [0.3, 0.4) is 0 Å². The van der Waals surface area contributed by atoms with Gasteiger partial charge in [0.1, 0.15) is 0 Å². The van der Waals surface area contributed by atoms with Gasteiger partial charge in [-0.1, -0.05) is 0 Å². The van der Waals surface area contributed by atoms with Crippen LogP contribution in [0.15, 0.2) is 24.5 Å². The maximum atomic E-state index is 10.5. The molecule has 0 fully saturated rings. The monoisotopic (exact) mass is 167 g/mol. The Morgan fingerprint density at radius 1 is 1.42 bits per heavy atom. The lowest BCUT2D eigenvalue weighted by atomic mass is 10.2. The molecule has 1 amide bonds. The van der Waals surface area contributed by atoms with E-state index in [9.17, 15) is 4.79 Å². The van der Waals surface area contributed by atoms with Crippen molar-refractivity contribution < 1.29 is 4.79 Å². The zero-order valence-electron chi connectivity index (χ0n) is 6.81. The van der Waals surface area contributed by atoms with Gasteiger partial charge >= 0.3 is 0 Å². The molecule has 0 saturated carbocycles. The molecule has 0 aliphatic heterocycles. The normalized spacial score (nSPS) is 12.8. The number of rotatable bonds is 4. The minimum absolute atomic E-state index is 0.442. The van der Waals surface area contributed by atoms with E-state index in [1.165, 1.54) is 0 Å². The Morgan fingerprint density at radius 2 is 2.00 bits per heavy atom. The van der Waals surface area contributed by atoms with Gasteiger partial charge < -0.3 is 16.0 Å². The van der Waals surface area contributed by atoms with E-state index in [-0.39, 0.29) is 0 Å². The van der Waals surface area contributed by atoms with Crippen molar-refractivity contribution in [3.63, 3.8) is 0 Å². The number of amides is 1. The summed E-state index contributed by atoms with van der Waals surface area (Å²) in [6.07, 6.45) is 4.44. The van der Waals surface area contributed by atoms with E-state index in [2.05, 4.69) is 0 Å². The lowest BCUT2D eigenvalue weighted by Gasteiger charge is -2.07. The van der Waals surface area contributed by atoms with Crippen molar-refractivity contribution in [2.45, 2.75) is 19.0 Å². The van der Waals surface area contributed by atoms with Crippen LogP contribution in [-0.4, -0.2) is 16.5 Å². The number of nitrogens with two attached hydrogens (primary N) is 2. The lowest BCUT2D eigenvalue weighted by molar-refractivity contribution is -0.119. The number of carbonyl (C=O) groups excluding carboxylic acids is 1. The van der Waals surface area contributed by atoms with Gasteiger partial charge in [-0.3, -0.25) is 4.79 Å². The smallest absolute Gasteiger partial charge is 0.234 e. The number of aromatic nitrogens is 1. The quantitative estimate of drug-likeness (QED) is 0.645. The van der Waals surface area contributed by atoms with Gasteiger partial charge in [-0.05, 0) is 18.6 Å². The number of hydrogen-bond acceptors (Lipinski definition) is 2. The topological polar surface area (TPSA) is 74.0 Å². The first-order valence-corrected chi connectivity index (χ1v) is 3.86. The highest BCUT2D eigenvalue weighted by molar-refractivity contribution is 5.79. The number of primary amides is 1. The molecule has 66 valence electrons. The summed E-state index contributed by atoms with van der Waals surface area (Å²) < 4.78 is 1.96. The number of aryl methyl sites for hydroxylation is 1. The Morgan fingerprint density at radius 3 is 2.50 bits per heavy atom. The van der Waals surface area contributed by atoms with Crippen LogP contribution in [0.4, 0.5) is 0 Å². The van der Waals surface area contributed by atoms with E-state index >= 15 is 0 Å². The second-order valence-corrected chi connectivity index (χ2v) is 2.72. The van der Waals surface area contributed by atoms with Crippen molar-refractivity contribution in [2.24, 2.45) is 11.5 Å². The van der Waals surface area contributed by atoms with Crippen LogP contribution in [0, 0.1) is 0 Å². The number of carbonyl (C=O) groups is 1. The van der Waals surface area contributed by atoms with Crippen molar-refractivity contribution in [1.82, 2.24) is 4.57 Å². The summed E-state index contributed by atoms with van der Waals surface area (Å²) >= 11 is 0. The summed E-state index contributed by atoms with van der Waals surface area (Å²) in [7, 11) is 0. The number of hydrogen-bond donors (Lipinski definition) is 2. The first kappa shape index (κ1) is 8.80. The first-order valence-electron chi connectivity index (χ1n) is 3.86. The molecule has 0 saturated heterocycles. The van der Waals surface area contributed by atoms with E-state index in [4.69, 9.17) is 11.5 Å². The molecular formula is C8H13N3O. The van der Waals surface area contributed by atoms with Gasteiger partial charge in [0, 0.05) is 18.9 Å². The lowest BCUT2D eigenvalue weighted by Crippen LogP contribution is -2.37. The third kappa shape index (κ3) is 2.39. The predicted molar refractivity (Wildman–Crippen MR) is 46.2 cm³/mol. The fraction of sp³-hybridized carbons (Fsp3) is 0.375. The Bertz CT molecular complexity index is 243. The Labute approximate surface area is 71.2 Å². The van der Waals surface area contributed by atoms with E-state index in [1.807, 2.05) is 29.1 Å². The summed E-state index contributed by atoms with van der Waals surface area (Å²) in [4.78, 5) is 10.5. The standard InChI is InChI=1S/C8H13N3O/c9-7(8(10)12)3-6-11-4-1-2-5-11/h1-2,4-5,7H,3,6,9H2,(H2,10,12). The van der Waals surface area contributed by atoms with Gasteiger partial charge in [0.05, 0.1) is 6.04 Å². The molecule has 1 aromatic heterocycles. The van der Waals surface area contributed by atoms with Crippen LogP contribution >= 0.6 is 0 Å². The molecule has 0 aliphatic rings. The zero-order valence-corrected chi connectivity index (χ0v) is 6.81. The van der Waals surface area contributed by atoms with Gasteiger partial charge in [0.2, 0.25) is 5.91 Å². The SMILES string of the molecule is NC(=O)C(N)CCn1cccc1. The molecule has 1 aromatic rings. The van der Waals surface area contributed by atoms with Crippen molar-refractivity contribution in [3.05, 3.63) is 24.5 Å². The molecule has 0 spiro atoms. The maximum Gasteiger partial charge on any atom is 0.234 e. The van der Waals surface area contributed by atoms with Crippen LogP contribution in [0.2, 0.25) is 0 Å². The molecule has 0 radical (unpaired) electrons. The minimum Gasteiger partial charge on any atom is -0.368 e. The average Bonchev–Trinajstić information content (AvgIpc) is 2.51. The fourth-order valence-electron chi connectivity index (χ4n) is 0.950. The molecule has 4 nitrogen and oxygen atoms in total. The molecule has 12 heavy (non-hydrogen) atoms. The van der Waals surface area contributed by atoms with E-state index in [0.717, 1.165) is 6.54 Å². The summed E-state index contributed by atoms with van der Waals surface area (Å²) in [5.41, 5.74) is 10.4. The Balaban J connectivity index is 2.31. The van der Waals surface area contributed by atoms with Crippen molar-refractivity contribution >= 4 is 5.91 Å². The molecule has 1 rings (SSSR count). The highest BCUT2D eigenvalue weighted by Crippen LogP contribution is 1.95. The van der Waals surface area contributed by atoms with Gasteiger partial charge in [0.15, 0.2) is 0 Å². The molecule has 1 heterocycles. The van der Waals surface area contributed by atoms with E-state index in [1.54, 1.807) is 0 Å². The van der Waals surface area contributed by atoms with Gasteiger partial charge in [-0.2, -0.15) is 0 Å². The molecule has 0 aromatic carbocycles. The van der Waals surface area contributed by atoms with Gasteiger partial charge in [-0.25, -0.2) is 0 Å². The summed E-state index contributed by atoms with van der Waals surface area (Å²) in [5, 5.41) is 0. The molecule has 1 atom stereocenters. The Kier molecular flexibility index (Phi) is 2.88. The molecular weight excluding hydrogens is 154 g/mol. The van der Waals surface area contributed by atoms with Crippen LogP contribution in [0.5, 0.6) is 0 Å².